The highest BCUT2D eigenvalue weighted by molar-refractivity contribution is 5.93. The number of imidazole rings is 1. The van der Waals surface area contributed by atoms with Gasteiger partial charge in [-0.05, 0) is 24.3 Å². The number of non-ortho nitro benzene ring substituents is 1. The first-order chi connectivity index (χ1) is 16.2. The number of hydrogen-bond acceptors (Lipinski definition) is 7. The summed E-state index contributed by atoms with van der Waals surface area (Å²) in [5, 5.41) is 13.5. The zero-order valence-corrected chi connectivity index (χ0v) is 18.9. The summed E-state index contributed by atoms with van der Waals surface area (Å²) in [6.45, 7) is 2.24. The van der Waals surface area contributed by atoms with E-state index in [0.717, 1.165) is 5.69 Å². The number of aromatic nitrogens is 3. The lowest BCUT2D eigenvalue weighted by Crippen LogP contribution is -2.48. The standard InChI is InChI=1S/C22H25N7O5/c1-25-17-7-8-18(24-21(17)26(2)22(25)32)23-19(30)9-10-20(31)28-13-11-27(12-14-28)15-3-5-16(6-4-15)29(33)34/h3-8H,9-14H2,1-2H3,(H,23,24,30). The van der Waals surface area contributed by atoms with Gasteiger partial charge in [0.2, 0.25) is 11.8 Å². The van der Waals surface area contributed by atoms with Crippen LogP contribution in [0.4, 0.5) is 17.2 Å². The molecule has 1 N–H and O–H groups in total. The maximum atomic E-state index is 12.6. The predicted molar refractivity (Wildman–Crippen MR) is 126 cm³/mol. The van der Waals surface area contributed by atoms with E-state index in [2.05, 4.69) is 15.2 Å². The van der Waals surface area contributed by atoms with Gasteiger partial charge in [0.05, 0.1) is 10.4 Å². The number of nitro groups is 1. The Kier molecular flexibility index (Phi) is 6.30. The first-order valence-corrected chi connectivity index (χ1v) is 10.8. The number of amides is 2. The number of nitrogens with one attached hydrogen (secondary N) is 1. The number of aryl methyl sites for hydroxylation is 2. The van der Waals surface area contributed by atoms with Gasteiger partial charge in [-0.1, -0.05) is 0 Å². The Balaban J connectivity index is 1.26. The minimum absolute atomic E-state index is 0.0227. The van der Waals surface area contributed by atoms with Crippen molar-refractivity contribution in [3.05, 3.63) is 57.0 Å². The number of carbonyl (C=O) groups excluding carboxylic acids is 2. The summed E-state index contributed by atoms with van der Waals surface area (Å²) in [5.41, 5.74) is 1.84. The first kappa shape index (κ1) is 23.0. The minimum atomic E-state index is -0.436. The zero-order valence-electron chi connectivity index (χ0n) is 18.9. The molecule has 2 amide bonds. The summed E-state index contributed by atoms with van der Waals surface area (Å²) < 4.78 is 2.89. The Bertz CT molecular complexity index is 1300. The quantitative estimate of drug-likeness (QED) is 0.426. The van der Waals surface area contributed by atoms with Crippen LogP contribution in [0.5, 0.6) is 0 Å². The van der Waals surface area contributed by atoms with Crippen LogP contribution in [0.2, 0.25) is 0 Å². The molecule has 1 fully saturated rings. The number of piperazine rings is 1. The molecule has 0 unspecified atom stereocenters. The predicted octanol–water partition coefficient (Wildman–Crippen LogP) is 1.25. The van der Waals surface area contributed by atoms with E-state index in [9.17, 15) is 24.5 Å². The van der Waals surface area contributed by atoms with E-state index in [1.807, 2.05) is 0 Å². The topological polar surface area (TPSA) is 136 Å². The fraction of sp³-hybridized carbons (Fsp3) is 0.364. The Labute approximate surface area is 194 Å². The SMILES string of the molecule is Cn1c(=O)n(C)c2nc(NC(=O)CCC(=O)N3CCN(c4ccc([N+](=O)[O-])cc4)CC3)ccc21. The monoisotopic (exact) mass is 467 g/mol. The van der Waals surface area contributed by atoms with Gasteiger partial charge in [-0.25, -0.2) is 9.78 Å². The molecule has 0 radical (unpaired) electrons. The van der Waals surface area contributed by atoms with Gasteiger partial charge < -0.3 is 15.1 Å². The second-order valence-corrected chi connectivity index (χ2v) is 8.13. The smallest absolute Gasteiger partial charge is 0.329 e. The number of nitro benzene ring substituents is 1. The van der Waals surface area contributed by atoms with Crippen LogP contribution < -0.4 is 15.9 Å². The lowest BCUT2D eigenvalue weighted by atomic mass is 10.2. The second-order valence-electron chi connectivity index (χ2n) is 8.13. The van der Waals surface area contributed by atoms with Gasteiger partial charge in [0.25, 0.3) is 5.69 Å². The molecule has 1 aliphatic heterocycles. The van der Waals surface area contributed by atoms with Gasteiger partial charge in [0, 0.05) is 70.9 Å². The van der Waals surface area contributed by atoms with Crippen molar-refractivity contribution in [3.8, 4) is 0 Å². The molecule has 0 atom stereocenters. The summed E-state index contributed by atoms with van der Waals surface area (Å²) in [4.78, 5) is 55.4. The number of pyridine rings is 1. The lowest BCUT2D eigenvalue weighted by molar-refractivity contribution is -0.384. The van der Waals surface area contributed by atoms with Crippen molar-refractivity contribution in [2.24, 2.45) is 14.1 Å². The van der Waals surface area contributed by atoms with E-state index in [1.54, 1.807) is 43.3 Å². The van der Waals surface area contributed by atoms with E-state index in [-0.39, 0.29) is 36.0 Å². The van der Waals surface area contributed by atoms with E-state index in [0.29, 0.717) is 43.2 Å². The molecule has 0 bridgehead atoms. The Morgan fingerprint density at radius 2 is 1.68 bits per heavy atom. The minimum Gasteiger partial charge on any atom is -0.368 e. The fourth-order valence-corrected chi connectivity index (χ4v) is 4.02. The van der Waals surface area contributed by atoms with Crippen molar-refractivity contribution in [2.75, 3.05) is 36.4 Å². The molecule has 1 saturated heterocycles. The molecule has 3 aromatic rings. The molecule has 12 heteroatoms. The molecule has 34 heavy (non-hydrogen) atoms. The highest BCUT2D eigenvalue weighted by atomic mass is 16.6. The van der Waals surface area contributed by atoms with Crippen LogP contribution in [0, 0.1) is 10.1 Å². The number of rotatable bonds is 6. The maximum Gasteiger partial charge on any atom is 0.329 e. The number of hydrogen-bond donors (Lipinski definition) is 1. The fourth-order valence-electron chi connectivity index (χ4n) is 4.02. The van der Waals surface area contributed by atoms with Crippen molar-refractivity contribution >= 4 is 40.2 Å². The van der Waals surface area contributed by atoms with Gasteiger partial charge in [-0.3, -0.25) is 28.8 Å². The van der Waals surface area contributed by atoms with Crippen LogP contribution in [0.3, 0.4) is 0 Å². The van der Waals surface area contributed by atoms with Crippen LogP contribution in [0.1, 0.15) is 12.8 Å². The van der Waals surface area contributed by atoms with Gasteiger partial charge in [0.15, 0.2) is 5.65 Å². The van der Waals surface area contributed by atoms with E-state index in [1.165, 1.54) is 21.3 Å². The summed E-state index contributed by atoms with van der Waals surface area (Å²) in [6.07, 6.45) is 0.101. The molecule has 3 heterocycles. The molecule has 1 aromatic carbocycles. The third kappa shape index (κ3) is 4.60. The number of benzene rings is 1. The Morgan fingerprint density at radius 3 is 2.32 bits per heavy atom. The lowest BCUT2D eigenvalue weighted by Gasteiger charge is -2.36. The van der Waals surface area contributed by atoms with Crippen molar-refractivity contribution in [3.63, 3.8) is 0 Å². The molecule has 12 nitrogen and oxygen atoms in total. The molecular weight excluding hydrogens is 442 g/mol. The van der Waals surface area contributed by atoms with Crippen molar-refractivity contribution in [2.45, 2.75) is 12.8 Å². The van der Waals surface area contributed by atoms with Gasteiger partial charge in [0.1, 0.15) is 5.82 Å². The summed E-state index contributed by atoms with van der Waals surface area (Å²) in [6, 6.07) is 9.69. The molecule has 178 valence electrons. The van der Waals surface area contributed by atoms with E-state index in [4.69, 9.17) is 0 Å². The molecule has 0 saturated carbocycles. The van der Waals surface area contributed by atoms with Gasteiger partial charge in [-0.2, -0.15) is 0 Å². The molecule has 0 aliphatic carbocycles. The van der Waals surface area contributed by atoms with Crippen molar-refractivity contribution in [1.82, 2.24) is 19.0 Å². The molecule has 4 rings (SSSR count). The third-order valence-corrected chi connectivity index (χ3v) is 6.00. The second kappa shape index (κ2) is 9.33. The zero-order chi connectivity index (χ0) is 24.4. The van der Waals surface area contributed by atoms with Crippen LogP contribution in [0.25, 0.3) is 11.2 Å². The van der Waals surface area contributed by atoms with Crippen LogP contribution in [0.15, 0.2) is 41.2 Å². The van der Waals surface area contributed by atoms with Crippen molar-refractivity contribution in [1.29, 1.82) is 0 Å². The summed E-state index contributed by atoms with van der Waals surface area (Å²) >= 11 is 0. The van der Waals surface area contributed by atoms with Crippen LogP contribution >= 0.6 is 0 Å². The van der Waals surface area contributed by atoms with Crippen LogP contribution in [-0.2, 0) is 23.7 Å². The molecular formula is C22H25N7O5. The molecule has 2 aromatic heterocycles. The third-order valence-electron chi connectivity index (χ3n) is 6.00. The van der Waals surface area contributed by atoms with Crippen molar-refractivity contribution < 1.29 is 14.5 Å². The number of nitrogens with zero attached hydrogens (tertiary/aromatic N) is 6. The Hall–Kier alpha value is -4.22. The summed E-state index contributed by atoms with van der Waals surface area (Å²) in [5.74, 6) is -0.110. The normalized spacial score (nSPS) is 13.8. The molecule has 1 aliphatic rings. The van der Waals surface area contributed by atoms with Crippen LogP contribution in [-0.4, -0.2) is 61.9 Å². The van der Waals surface area contributed by atoms with E-state index >= 15 is 0 Å². The highest BCUT2D eigenvalue weighted by Crippen LogP contribution is 2.21. The average molecular weight is 467 g/mol. The number of anilines is 2. The molecule has 0 spiro atoms. The largest absolute Gasteiger partial charge is 0.368 e. The number of carbonyl (C=O) groups is 2. The first-order valence-electron chi connectivity index (χ1n) is 10.8. The summed E-state index contributed by atoms with van der Waals surface area (Å²) in [7, 11) is 3.27. The van der Waals surface area contributed by atoms with Gasteiger partial charge in [-0.15, -0.1) is 0 Å². The number of fused-ring (bicyclic) bond motifs is 1. The van der Waals surface area contributed by atoms with Gasteiger partial charge >= 0.3 is 5.69 Å². The Morgan fingerprint density at radius 1 is 1.00 bits per heavy atom. The average Bonchev–Trinajstić information content (AvgIpc) is 3.06. The van der Waals surface area contributed by atoms with E-state index < -0.39 is 4.92 Å². The highest BCUT2D eigenvalue weighted by Gasteiger charge is 2.22. The maximum absolute atomic E-state index is 12.6.